The van der Waals surface area contributed by atoms with E-state index in [-0.39, 0.29) is 10.9 Å². The van der Waals surface area contributed by atoms with Crippen molar-refractivity contribution in [3.8, 4) is 0 Å². The summed E-state index contributed by atoms with van der Waals surface area (Å²) in [5, 5.41) is 1.91. The second-order valence-electron chi connectivity index (χ2n) is 5.26. The molecule has 1 fully saturated rings. The summed E-state index contributed by atoms with van der Waals surface area (Å²) < 4.78 is 55.4. The van der Waals surface area contributed by atoms with Crippen molar-refractivity contribution in [3.63, 3.8) is 0 Å². The largest absolute Gasteiger partial charge is 0.435 e. The zero-order chi connectivity index (χ0) is 15.8. The Morgan fingerprint density at radius 2 is 1.86 bits per heavy atom. The van der Waals surface area contributed by atoms with Crippen LogP contribution in [0.3, 0.4) is 0 Å². The average molecular weight is 346 g/mol. The van der Waals surface area contributed by atoms with Gasteiger partial charge in [-0.05, 0) is 31.5 Å². The van der Waals surface area contributed by atoms with Gasteiger partial charge in [-0.2, -0.15) is 18.3 Å². The molecule has 1 atom stereocenters. The van der Waals surface area contributed by atoms with Crippen molar-refractivity contribution in [2.45, 2.75) is 36.0 Å². The predicted molar refractivity (Wildman–Crippen MR) is 73.7 cm³/mol. The molecule has 1 aliphatic rings. The summed E-state index contributed by atoms with van der Waals surface area (Å²) in [5.74, 6) is -0.248. The molecule has 1 saturated heterocycles. The number of piperidine rings is 1. The first-order valence-corrected chi connectivity index (χ1v) is 7.65. The molecule has 0 N–H and O–H groups in total. The van der Waals surface area contributed by atoms with E-state index in [0.29, 0.717) is 25.9 Å². The number of thioether (sulfide) groups is 1. The molecule has 0 saturated carbocycles. The van der Waals surface area contributed by atoms with E-state index >= 15 is 0 Å². The van der Waals surface area contributed by atoms with E-state index in [1.807, 2.05) is 0 Å². The number of aromatic nitrogens is 2. The number of alkyl halides is 4. The summed E-state index contributed by atoms with van der Waals surface area (Å²) in [6, 6.07) is 0.888. The molecule has 0 unspecified atom stereocenters. The highest BCUT2D eigenvalue weighted by atomic mass is 35.5. The second-order valence-corrected chi connectivity index (χ2v) is 7.16. The van der Waals surface area contributed by atoms with Crippen molar-refractivity contribution in [1.82, 2.24) is 14.2 Å². The van der Waals surface area contributed by atoms with Gasteiger partial charge in [-0.25, -0.2) is 8.81 Å². The van der Waals surface area contributed by atoms with Crippen LogP contribution in [0.15, 0.2) is 11.1 Å². The lowest BCUT2D eigenvalue weighted by Crippen LogP contribution is -2.36. The second kappa shape index (κ2) is 5.96. The first-order valence-electron chi connectivity index (χ1n) is 6.49. The molecule has 0 amide bonds. The Balaban J connectivity index is 2.11. The van der Waals surface area contributed by atoms with E-state index in [1.54, 1.807) is 4.42 Å². The summed E-state index contributed by atoms with van der Waals surface area (Å²) in [4.78, 5) is 0. The lowest BCUT2D eigenvalue weighted by atomic mass is 9.93. The highest BCUT2D eigenvalue weighted by molar-refractivity contribution is 8.00. The fourth-order valence-electron chi connectivity index (χ4n) is 2.34. The number of nitrogens with zero attached hydrogens (tertiary/aromatic N) is 3. The maximum absolute atomic E-state index is 14.9. The van der Waals surface area contributed by atoms with Gasteiger partial charge in [0.25, 0.3) is 0 Å². The van der Waals surface area contributed by atoms with Crippen LogP contribution >= 0.6 is 23.5 Å². The van der Waals surface area contributed by atoms with Gasteiger partial charge in [-0.1, -0.05) is 11.8 Å². The molecule has 2 heterocycles. The van der Waals surface area contributed by atoms with Gasteiger partial charge in [-0.3, -0.25) is 4.68 Å². The van der Waals surface area contributed by atoms with Crippen molar-refractivity contribution in [1.29, 1.82) is 0 Å². The molecule has 120 valence electrons. The lowest BCUT2D eigenvalue weighted by Gasteiger charge is -2.35. The van der Waals surface area contributed by atoms with E-state index in [0.717, 1.165) is 22.5 Å². The monoisotopic (exact) mass is 345 g/mol. The molecule has 0 spiro atoms. The van der Waals surface area contributed by atoms with Gasteiger partial charge in [-0.15, -0.1) is 0 Å². The van der Waals surface area contributed by atoms with Crippen LogP contribution in [0.5, 0.6) is 0 Å². The predicted octanol–water partition coefficient (Wildman–Crippen LogP) is 4.08. The van der Waals surface area contributed by atoms with E-state index in [2.05, 4.69) is 5.10 Å². The maximum Gasteiger partial charge on any atom is 0.435 e. The van der Waals surface area contributed by atoms with Crippen molar-refractivity contribution >= 4 is 23.5 Å². The molecule has 1 aromatic heterocycles. The highest BCUT2D eigenvalue weighted by Crippen LogP contribution is 2.45. The minimum atomic E-state index is -4.52. The highest BCUT2D eigenvalue weighted by Gasteiger charge is 2.40. The molecule has 3 nitrogen and oxygen atoms in total. The topological polar surface area (TPSA) is 21.1 Å². The molecule has 21 heavy (non-hydrogen) atoms. The Bertz CT molecular complexity index is 495. The Kier molecular flexibility index (Phi) is 4.80. The van der Waals surface area contributed by atoms with E-state index in [1.165, 1.54) is 14.0 Å². The quantitative estimate of drug-likeness (QED) is 0.468. The molecule has 0 radical (unpaired) electrons. The van der Waals surface area contributed by atoms with Crippen LogP contribution in [0.2, 0.25) is 0 Å². The Morgan fingerprint density at radius 1 is 1.29 bits per heavy atom. The molecule has 1 aromatic rings. The summed E-state index contributed by atoms with van der Waals surface area (Å²) in [6.07, 6.45) is -3.37. The smallest absolute Gasteiger partial charge is 0.261 e. The standard InChI is InChI=1S/C12H16ClF4N3S/c1-11(14,8-3-5-20(13)6-4-8)21-10-7-9(12(15,16)17)18-19(10)2/h7-8H,3-6H2,1-2H3/t11-/m1/s1. The molecule has 0 aromatic carbocycles. The fraction of sp³-hybridized carbons (Fsp3) is 0.750. The van der Waals surface area contributed by atoms with Crippen LogP contribution in [0.25, 0.3) is 0 Å². The zero-order valence-electron chi connectivity index (χ0n) is 11.6. The third kappa shape index (κ3) is 4.04. The molecule has 1 aliphatic heterocycles. The van der Waals surface area contributed by atoms with Gasteiger partial charge in [0.05, 0.1) is 5.03 Å². The minimum Gasteiger partial charge on any atom is -0.261 e. The van der Waals surface area contributed by atoms with Crippen molar-refractivity contribution in [2.75, 3.05) is 13.1 Å². The Hall–Kier alpha value is -0.470. The molecule has 0 bridgehead atoms. The normalized spacial score (nSPS) is 21.5. The Morgan fingerprint density at radius 3 is 2.33 bits per heavy atom. The zero-order valence-corrected chi connectivity index (χ0v) is 13.2. The van der Waals surface area contributed by atoms with Crippen LogP contribution in [0, 0.1) is 5.92 Å². The van der Waals surface area contributed by atoms with Crippen molar-refractivity contribution in [3.05, 3.63) is 11.8 Å². The van der Waals surface area contributed by atoms with Crippen molar-refractivity contribution < 1.29 is 17.6 Å². The van der Waals surface area contributed by atoms with Gasteiger partial charge in [0.15, 0.2) is 10.7 Å². The summed E-state index contributed by atoms with van der Waals surface area (Å²) in [5.41, 5.74) is -1.00. The molecule has 2 rings (SSSR count). The average Bonchev–Trinajstić information content (AvgIpc) is 2.71. The minimum absolute atomic E-state index is 0.167. The Labute approximate surface area is 129 Å². The number of halogens is 5. The van der Waals surface area contributed by atoms with E-state index in [4.69, 9.17) is 11.8 Å². The van der Waals surface area contributed by atoms with Crippen LogP contribution in [0.4, 0.5) is 17.6 Å². The third-order valence-electron chi connectivity index (χ3n) is 3.60. The number of aryl methyl sites for hydroxylation is 1. The van der Waals surface area contributed by atoms with Gasteiger partial charge < -0.3 is 0 Å². The summed E-state index contributed by atoms with van der Waals surface area (Å²) in [6.45, 7) is 2.56. The molecular formula is C12H16ClF4N3S. The van der Waals surface area contributed by atoms with Gasteiger partial charge in [0.1, 0.15) is 0 Å². The molecule has 0 aliphatic carbocycles. The van der Waals surface area contributed by atoms with Gasteiger partial charge in [0, 0.05) is 32.1 Å². The number of hydrogen-bond donors (Lipinski definition) is 0. The van der Waals surface area contributed by atoms with Crippen molar-refractivity contribution in [2.24, 2.45) is 13.0 Å². The van der Waals surface area contributed by atoms with E-state index in [9.17, 15) is 17.6 Å². The van der Waals surface area contributed by atoms with Crippen LogP contribution in [0.1, 0.15) is 25.5 Å². The van der Waals surface area contributed by atoms with E-state index < -0.39 is 16.9 Å². The SMILES string of the molecule is Cn1nc(C(F)(F)F)cc1S[C@@](C)(F)C1CCN(Cl)CC1. The molecular weight excluding hydrogens is 330 g/mol. The van der Waals surface area contributed by atoms with Crippen LogP contribution in [-0.4, -0.2) is 32.3 Å². The third-order valence-corrected chi connectivity index (χ3v) is 5.26. The maximum atomic E-state index is 14.9. The van der Waals surface area contributed by atoms with Crippen LogP contribution < -0.4 is 0 Å². The lowest BCUT2D eigenvalue weighted by molar-refractivity contribution is -0.141. The molecule has 9 heteroatoms. The first-order chi connectivity index (χ1) is 9.59. The summed E-state index contributed by atoms with van der Waals surface area (Å²) in [7, 11) is 1.38. The van der Waals surface area contributed by atoms with Gasteiger partial charge >= 0.3 is 6.18 Å². The van der Waals surface area contributed by atoms with Crippen LogP contribution in [-0.2, 0) is 13.2 Å². The summed E-state index contributed by atoms with van der Waals surface area (Å²) >= 11 is 6.63. The first kappa shape index (κ1) is 16.9. The number of rotatable bonds is 3. The number of hydrogen-bond acceptors (Lipinski definition) is 3. The fourth-order valence-corrected chi connectivity index (χ4v) is 3.69. The van der Waals surface area contributed by atoms with Gasteiger partial charge in [0.2, 0.25) is 0 Å².